The van der Waals surface area contributed by atoms with Crippen molar-refractivity contribution in [2.75, 3.05) is 12.8 Å². The maximum Gasteiger partial charge on any atom is 0.219 e. The first-order valence-electron chi connectivity index (χ1n) is 4.72. The van der Waals surface area contributed by atoms with E-state index in [2.05, 4.69) is 9.97 Å². The summed E-state index contributed by atoms with van der Waals surface area (Å²) in [6.45, 7) is 6.16. The second-order valence-corrected chi connectivity index (χ2v) is 4.19. The SMILES string of the molecule is COCc1nc(N)cc(OC(C)(C)C)n1. The third-order valence-electron chi connectivity index (χ3n) is 1.45. The molecule has 84 valence electrons. The van der Waals surface area contributed by atoms with Crippen LogP contribution in [0.3, 0.4) is 0 Å². The van der Waals surface area contributed by atoms with E-state index < -0.39 is 0 Å². The average molecular weight is 211 g/mol. The minimum Gasteiger partial charge on any atom is -0.472 e. The Labute approximate surface area is 89.6 Å². The molecule has 1 aromatic heterocycles. The molecule has 0 bridgehead atoms. The number of ether oxygens (including phenoxy) is 2. The van der Waals surface area contributed by atoms with Gasteiger partial charge >= 0.3 is 0 Å². The number of methoxy groups -OCH3 is 1. The number of nitrogens with zero attached hydrogens (tertiary/aromatic N) is 2. The van der Waals surface area contributed by atoms with Crippen LogP contribution >= 0.6 is 0 Å². The molecule has 0 aliphatic rings. The van der Waals surface area contributed by atoms with E-state index in [-0.39, 0.29) is 5.60 Å². The highest BCUT2D eigenvalue weighted by molar-refractivity contribution is 5.32. The molecule has 1 aromatic rings. The zero-order valence-electron chi connectivity index (χ0n) is 9.57. The van der Waals surface area contributed by atoms with E-state index in [0.717, 1.165) is 0 Å². The molecule has 5 heteroatoms. The number of aromatic nitrogens is 2. The topological polar surface area (TPSA) is 70.3 Å². The summed E-state index contributed by atoms with van der Waals surface area (Å²) in [7, 11) is 1.58. The number of rotatable bonds is 3. The molecule has 5 nitrogen and oxygen atoms in total. The number of hydrogen-bond acceptors (Lipinski definition) is 5. The Morgan fingerprint density at radius 1 is 1.33 bits per heavy atom. The molecule has 0 aliphatic carbocycles. The Hall–Kier alpha value is -1.36. The standard InChI is InChI=1S/C10H17N3O2/c1-10(2,3)15-9-5-7(11)12-8(13-9)6-14-4/h5H,6H2,1-4H3,(H2,11,12,13). The first-order chi connectivity index (χ1) is 6.90. The highest BCUT2D eigenvalue weighted by Crippen LogP contribution is 2.17. The summed E-state index contributed by atoms with van der Waals surface area (Å²) in [4.78, 5) is 8.19. The van der Waals surface area contributed by atoms with Crippen LogP contribution in [0.5, 0.6) is 5.88 Å². The predicted molar refractivity (Wildman–Crippen MR) is 57.5 cm³/mol. The molecule has 1 rings (SSSR count). The van der Waals surface area contributed by atoms with Crippen LogP contribution in [0.2, 0.25) is 0 Å². The van der Waals surface area contributed by atoms with Crippen molar-refractivity contribution in [2.24, 2.45) is 0 Å². The Morgan fingerprint density at radius 2 is 2.00 bits per heavy atom. The van der Waals surface area contributed by atoms with E-state index in [0.29, 0.717) is 24.1 Å². The molecule has 0 unspecified atom stereocenters. The van der Waals surface area contributed by atoms with Crippen molar-refractivity contribution in [1.82, 2.24) is 9.97 Å². The number of nitrogens with two attached hydrogens (primary N) is 1. The molecular weight excluding hydrogens is 194 g/mol. The highest BCUT2D eigenvalue weighted by atomic mass is 16.5. The lowest BCUT2D eigenvalue weighted by Gasteiger charge is -2.20. The summed E-state index contributed by atoms with van der Waals surface area (Å²) in [6, 6.07) is 1.60. The Morgan fingerprint density at radius 3 is 2.53 bits per heavy atom. The van der Waals surface area contributed by atoms with E-state index in [4.69, 9.17) is 15.2 Å². The first kappa shape index (κ1) is 11.7. The van der Waals surface area contributed by atoms with Crippen molar-refractivity contribution in [3.05, 3.63) is 11.9 Å². The van der Waals surface area contributed by atoms with Crippen molar-refractivity contribution >= 4 is 5.82 Å². The largest absolute Gasteiger partial charge is 0.472 e. The monoisotopic (exact) mass is 211 g/mol. The van der Waals surface area contributed by atoms with Gasteiger partial charge in [0.2, 0.25) is 5.88 Å². The molecule has 0 radical (unpaired) electrons. The Bertz CT molecular complexity index is 334. The zero-order valence-corrected chi connectivity index (χ0v) is 9.57. The fraction of sp³-hybridized carbons (Fsp3) is 0.600. The van der Waals surface area contributed by atoms with Crippen LogP contribution in [-0.2, 0) is 11.3 Å². The molecule has 0 aromatic carbocycles. The second kappa shape index (κ2) is 4.44. The van der Waals surface area contributed by atoms with Crippen LogP contribution < -0.4 is 10.5 Å². The van der Waals surface area contributed by atoms with Crippen LogP contribution in [0.25, 0.3) is 0 Å². The van der Waals surface area contributed by atoms with E-state index in [1.807, 2.05) is 20.8 Å². The van der Waals surface area contributed by atoms with E-state index >= 15 is 0 Å². The lowest BCUT2D eigenvalue weighted by Crippen LogP contribution is -2.24. The summed E-state index contributed by atoms with van der Waals surface area (Å²) in [5, 5.41) is 0. The van der Waals surface area contributed by atoms with Gasteiger partial charge in [0.1, 0.15) is 18.0 Å². The maximum atomic E-state index is 5.62. The van der Waals surface area contributed by atoms with Gasteiger partial charge in [0.15, 0.2) is 5.82 Å². The normalized spacial score (nSPS) is 11.5. The zero-order chi connectivity index (χ0) is 11.5. The quantitative estimate of drug-likeness (QED) is 0.817. The Kier molecular flexibility index (Phi) is 3.47. The summed E-state index contributed by atoms with van der Waals surface area (Å²) < 4.78 is 10.5. The molecule has 0 aliphatic heterocycles. The fourth-order valence-corrected chi connectivity index (χ4v) is 1.05. The van der Waals surface area contributed by atoms with Crippen LogP contribution in [0.1, 0.15) is 26.6 Å². The molecule has 0 fully saturated rings. The summed E-state index contributed by atoms with van der Waals surface area (Å²) >= 11 is 0. The number of hydrogen-bond donors (Lipinski definition) is 1. The Balaban J connectivity index is 2.88. The van der Waals surface area contributed by atoms with Crippen LogP contribution in [-0.4, -0.2) is 22.7 Å². The van der Waals surface area contributed by atoms with Crippen LogP contribution in [0, 0.1) is 0 Å². The minimum atomic E-state index is -0.300. The van der Waals surface area contributed by atoms with E-state index in [1.54, 1.807) is 13.2 Å². The summed E-state index contributed by atoms with van der Waals surface area (Å²) in [6.07, 6.45) is 0. The first-order valence-corrected chi connectivity index (χ1v) is 4.72. The van der Waals surface area contributed by atoms with Crippen molar-refractivity contribution in [3.8, 4) is 5.88 Å². The number of nitrogen functional groups attached to an aromatic ring is 1. The molecule has 1 heterocycles. The van der Waals surface area contributed by atoms with Gasteiger partial charge in [-0.05, 0) is 20.8 Å². The third-order valence-corrected chi connectivity index (χ3v) is 1.45. The van der Waals surface area contributed by atoms with Gasteiger partial charge in [-0.1, -0.05) is 0 Å². The molecule has 0 saturated carbocycles. The lowest BCUT2D eigenvalue weighted by atomic mass is 10.2. The predicted octanol–water partition coefficient (Wildman–Crippen LogP) is 1.38. The van der Waals surface area contributed by atoms with Gasteiger partial charge in [-0.15, -0.1) is 0 Å². The van der Waals surface area contributed by atoms with Crippen molar-refractivity contribution < 1.29 is 9.47 Å². The molecule has 0 atom stereocenters. The summed E-state index contributed by atoms with van der Waals surface area (Å²) in [5.41, 5.74) is 5.32. The molecule has 0 amide bonds. The number of anilines is 1. The molecule has 0 saturated heterocycles. The van der Waals surface area contributed by atoms with Crippen LogP contribution in [0.15, 0.2) is 6.07 Å². The molecule has 0 spiro atoms. The molecular formula is C10H17N3O2. The van der Waals surface area contributed by atoms with Crippen molar-refractivity contribution in [3.63, 3.8) is 0 Å². The second-order valence-electron chi connectivity index (χ2n) is 4.19. The van der Waals surface area contributed by atoms with Gasteiger partial charge in [-0.2, -0.15) is 4.98 Å². The maximum absolute atomic E-state index is 5.62. The van der Waals surface area contributed by atoms with Gasteiger partial charge in [0.05, 0.1) is 0 Å². The van der Waals surface area contributed by atoms with Gasteiger partial charge in [0, 0.05) is 13.2 Å². The fourth-order valence-electron chi connectivity index (χ4n) is 1.05. The van der Waals surface area contributed by atoms with Crippen LogP contribution in [0.4, 0.5) is 5.82 Å². The van der Waals surface area contributed by atoms with Gasteiger partial charge in [-0.3, -0.25) is 0 Å². The smallest absolute Gasteiger partial charge is 0.219 e. The van der Waals surface area contributed by atoms with Gasteiger partial charge in [0.25, 0.3) is 0 Å². The molecule has 15 heavy (non-hydrogen) atoms. The minimum absolute atomic E-state index is 0.300. The van der Waals surface area contributed by atoms with Crippen molar-refractivity contribution in [1.29, 1.82) is 0 Å². The van der Waals surface area contributed by atoms with Gasteiger partial charge in [-0.25, -0.2) is 4.98 Å². The van der Waals surface area contributed by atoms with E-state index in [9.17, 15) is 0 Å². The lowest BCUT2D eigenvalue weighted by molar-refractivity contribution is 0.121. The van der Waals surface area contributed by atoms with E-state index in [1.165, 1.54) is 0 Å². The average Bonchev–Trinajstić information content (AvgIpc) is 1.99. The van der Waals surface area contributed by atoms with Gasteiger partial charge < -0.3 is 15.2 Å². The van der Waals surface area contributed by atoms with Crippen molar-refractivity contribution in [2.45, 2.75) is 33.0 Å². The highest BCUT2D eigenvalue weighted by Gasteiger charge is 2.14. The summed E-state index contributed by atoms with van der Waals surface area (Å²) in [5.74, 6) is 1.38. The third kappa shape index (κ3) is 4.12. The molecule has 2 N–H and O–H groups in total.